The zero-order chi connectivity index (χ0) is 16.7. The molecule has 0 saturated carbocycles. The maximum atomic E-state index is 13.4. The third kappa shape index (κ3) is 2.66. The van der Waals surface area contributed by atoms with E-state index in [0.717, 1.165) is 36.6 Å². The van der Waals surface area contributed by atoms with Crippen LogP contribution in [0.1, 0.15) is 16.5 Å². The molecule has 2 aromatic heterocycles. The predicted molar refractivity (Wildman–Crippen MR) is 88.1 cm³/mol. The van der Waals surface area contributed by atoms with Gasteiger partial charge in [-0.05, 0) is 24.3 Å². The van der Waals surface area contributed by atoms with Gasteiger partial charge in [0.1, 0.15) is 43.2 Å². The second-order valence-electron chi connectivity index (χ2n) is 6.34. The lowest BCUT2D eigenvalue weighted by Gasteiger charge is -2.33. The first-order chi connectivity index (χ1) is 11.6. The molecule has 126 valence electrons. The normalized spacial score (nSPS) is 22.8. The number of hydrogen-bond donors (Lipinski definition) is 3. The van der Waals surface area contributed by atoms with Crippen molar-refractivity contribution in [1.82, 2.24) is 14.6 Å². The van der Waals surface area contributed by atoms with Crippen LogP contribution >= 0.6 is 11.3 Å². The molecular formula is C16H20FN5OS+2. The number of aromatic nitrogens is 3. The molecule has 8 heteroatoms. The van der Waals surface area contributed by atoms with E-state index in [2.05, 4.69) is 17.1 Å². The Kier molecular flexibility index (Phi) is 3.95. The Balaban J connectivity index is 1.78. The quantitative estimate of drug-likeness (QED) is 0.577. The van der Waals surface area contributed by atoms with Crippen molar-refractivity contribution in [3.05, 3.63) is 46.9 Å². The van der Waals surface area contributed by atoms with Crippen LogP contribution in [0.2, 0.25) is 0 Å². The number of benzene rings is 1. The highest BCUT2D eigenvalue weighted by atomic mass is 32.1. The lowest BCUT2D eigenvalue weighted by Crippen LogP contribution is -3.27. The third-order valence-corrected chi connectivity index (χ3v) is 5.86. The van der Waals surface area contributed by atoms with Crippen LogP contribution in [-0.2, 0) is 0 Å². The molecule has 1 fully saturated rings. The highest BCUT2D eigenvalue weighted by Gasteiger charge is 2.35. The fourth-order valence-electron chi connectivity index (χ4n) is 3.40. The largest absolute Gasteiger partial charge is 0.492 e. The molecule has 1 aliphatic rings. The van der Waals surface area contributed by atoms with Gasteiger partial charge in [0.15, 0.2) is 6.04 Å². The van der Waals surface area contributed by atoms with Crippen LogP contribution in [0.4, 0.5) is 4.39 Å². The van der Waals surface area contributed by atoms with Gasteiger partial charge in [0, 0.05) is 5.56 Å². The van der Waals surface area contributed by atoms with Crippen LogP contribution in [0.3, 0.4) is 0 Å². The van der Waals surface area contributed by atoms with Crippen LogP contribution in [0, 0.1) is 5.82 Å². The minimum Gasteiger partial charge on any atom is -0.492 e. The van der Waals surface area contributed by atoms with E-state index in [1.807, 2.05) is 12.1 Å². The van der Waals surface area contributed by atoms with Gasteiger partial charge in [-0.2, -0.15) is 9.61 Å². The van der Waals surface area contributed by atoms with Gasteiger partial charge >= 0.3 is 0 Å². The van der Waals surface area contributed by atoms with E-state index in [9.17, 15) is 9.50 Å². The Morgan fingerprint density at radius 1 is 1.21 bits per heavy atom. The molecule has 0 aliphatic carbocycles. The van der Waals surface area contributed by atoms with Crippen LogP contribution < -0.4 is 9.80 Å². The van der Waals surface area contributed by atoms with E-state index in [4.69, 9.17) is 0 Å². The first kappa shape index (κ1) is 15.5. The van der Waals surface area contributed by atoms with Crippen LogP contribution in [0.5, 0.6) is 5.88 Å². The number of halogens is 1. The molecule has 1 atom stereocenters. The lowest BCUT2D eigenvalue weighted by molar-refractivity contribution is -1.02. The van der Waals surface area contributed by atoms with Gasteiger partial charge in [-0.1, -0.05) is 11.3 Å². The third-order valence-electron chi connectivity index (χ3n) is 4.76. The summed E-state index contributed by atoms with van der Waals surface area (Å²) in [6.07, 6.45) is 1.44. The predicted octanol–water partition coefficient (Wildman–Crippen LogP) is -0.862. The summed E-state index contributed by atoms with van der Waals surface area (Å²) in [4.78, 5) is 8.60. The summed E-state index contributed by atoms with van der Waals surface area (Å²) in [5.41, 5.74) is 1.01. The number of thiazole rings is 1. The van der Waals surface area contributed by atoms with E-state index in [1.54, 1.807) is 0 Å². The molecule has 0 spiro atoms. The average molecular weight is 349 g/mol. The molecule has 0 amide bonds. The molecule has 1 aliphatic heterocycles. The molecule has 1 saturated heterocycles. The van der Waals surface area contributed by atoms with E-state index in [0.29, 0.717) is 4.96 Å². The number of piperazine rings is 1. The van der Waals surface area contributed by atoms with Crippen molar-refractivity contribution in [3.63, 3.8) is 0 Å². The molecular weight excluding hydrogens is 329 g/mol. The van der Waals surface area contributed by atoms with E-state index in [1.165, 1.54) is 44.1 Å². The molecule has 0 radical (unpaired) electrons. The highest BCUT2D eigenvalue weighted by molar-refractivity contribution is 7.17. The van der Waals surface area contributed by atoms with Gasteiger partial charge in [-0.3, -0.25) is 0 Å². The van der Waals surface area contributed by atoms with Crippen molar-refractivity contribution in [3.8, 4) is 5.88 Å². The summed E-state index contributed by atoms with van der Waals surface area (Å²) >= 11 is 1.45. The van der Waals surface area contributed by atoms with Gasteiger partial charge in [0.05, 0.1) is 7.05 Å². The number of hydrogen-bond acceptors (Lipinski definition) is 4. The highest BCUT2D eigenvalue weighted by Crippen LogP contribution is 2.34. The van der Waals surface area contributed by atoms with E-state index < -0.39 is 0 Å². The number of rotatable bonds is 3. The maximum Gasteiger partial charge on any atom is 0.235 e. The summed E-state index contributed by atoms with van der Waals surface area (Å²) < 4.78 is 14.8. The number of fused-ring (bicyclic) bond motifs is 1. The first-order valence-electron chi connectivity index (χ1n) is 8.06. The zero-order valence-corrected chi connectivity index (χ0v) is 14.2. The molecule has 4 rings (SSSR count). The number of nitrogens with zero attached hydrogens (tertiary/aromatic N) is 3. The lowest BCUT2D eigenvalue weighted by atomic mass is 10.0. The van der Waals surface area contributed by atoms with Gasteiger partial charge in [-0.25, -0.2) is 9.37 Å². The minimum absolute atomic E-state index is 0.0350. The Morgan fingerprint density at radius 2 is 1.92 bits per heavy atom. The van der Waals surface area contributed by atoms with Crippen molar-refractivity contribution in [2.75, 3.05) is 33.2 Å². The number of quaternary nitrogens is 2. The van der Waals surface area contributed by atoms with Gasteiger partial charge in [0.2, 0.25) is 10.8 Å². The summed E-state index contributed by atoms with van der Waals surface area (Å²) in [6.45, 7) is 4.16. The standard InChI is InChI=1S/C16H18FN5OS/c1-20-6-8-21(9-7-20)13(11-2-4-12(17)5-3-11)14-15(23)22-16(24-14)18-10-19-22/h2-5,10,13,23H,6-9H2,1H3/p+2/t13-/m0/s1. The summed E-state index contributed by atoms with van der Waals surface area (Å²) in [5, 5.41) is 14.7. The molecule has 0 bridgehead atoms. The molecule has 24 heavy (non-hydrogen) atoms. The van der Waals surface area contributed by atoms with E-state index in [-0.39, 0.29) is 17.7 Å². The smallest absolute Gasteiger partial charge is 0.235 e. The fourth-order valence-corrected chi connectivity index (χ4v) is 4.51. The Labute approximate surface area is 142 Å². The van der Waals surface area contributed by atoms with Gasteiger partial charge in [-0.15, -0.1) is 0 Å². The van der Waals surface area contributed by atoms with Crippen LogP contribution in [0.15, 0.2) is 30.6 Å². The topological polar surface area (TPSA) is 59.3 Å². The summed E-state index contributed by atoms with van der Waals surface area (Å²) in [6, 6.07) is 6.56. The number of aromatic hydroxyl groups is 1. The monoisotopic (exact) mass is 349 g/mol. The van der Waals surface area contributed by atoms with Crippen molar-refractivity contribution in [2.24, 2.45) is 0 Å². The molecule has 6 nitrogen and oxygen atoms in total. The minimum atomic E-state index is -0.248. The molecule has 3 N–H and O–H groups in total. The number of nitrogens with one attached hydrogen (secondary N) is 2. The van der Waals surface area contributed by atoms with Crippen molar-refractivity contribution >= 4 is 16.3 Å². The summed E-state index contributed by atoms with van der Waals surface area (Å²) in [5.74, 6) is -0.109. The van der Waals surface area contributed by atoms with Gasteiger partial charge in [0.25, 0.3) is 0 Å². The fraction of sp³-hybridized carbons (Fsp3) is 0.375. The number of likely N-dealkylation sites (N-methyl/N-ethyl adjacent to an activating group) is 1. The van der Waals surface area contributed by atoms with Crippen molar-refractivity contribution in [1.29, 1.82) is 0 Å². The van der Waals surface area contributed by atoms with Crippen LogP contribution in [0.25, 0.3) is 4.96 Å². The van der Waals surface area contributed by atoms with Gasteiger partial charge < -0.3 is 14.9 Å². The molecule has 0 unspecified atom stereocenters. The van der Waals surface area contributed by atoms with E-state index >= 15 is 0 Å². The Hall–Kier alpha value is -2.03. The first-order valence-corrected chi connectivity index (χ1v) is 8.88. The molecule has 1 aromatic carbocycles. The second kappa shape index (κ2) is 6.12. The van der Waals surface area contributed by atoms with Crippen molar-refractivity contribution in [2.45, 2.75) is 6.04 Å². The molecule has 3 aromatic rings. The Morgan fingerprint density at radius 3 is 2.58 bits per heavy atom. The summed E-state index contributed by atoms with van der Waals surface area (Å²) in [7, 11) is 2.20. The zero-order valence-electron chi connectivity index (χ0n) is 13.4. The van der Waals surface area contributed by atoms with Crippen LogP contribution in [-0.4, -0.2) is 52.9 Å². The SMILES string of the molecule is C[NH+]1CC[NH+]([C@@H](c2ccc(F)cc2)c2sc3ncnn3c2O)CC1. The maximum absolute atomic E-state index is 13.4. The van der Waals surface area contributed by atoms with Crippen molar-refractivity contribution < 1.29 is 19.3 Å². The average Bonchev–Trinajstić information content (AvgIpc) is 3.15. The molecule has 3 heterocycles. The second-order valence-corrected chi connectivity index (χ2v) is 7.35. The Bertz CT molecular complexity index is 838.